The molecule has 13 heavy (non-hydrogen) atoms. The van der Waals surface area contributed by atoms with Crippen LogP contribution in [0.2, 0.25) is 0 Å². The lowest BCUT2D eigenvalue weighted by Crippen LogP contribution is -2.24. The van der Waals surface area contributed by atoms with Crippen molar-refractivity contribution in [1.82, 2.24) is 5.32 Å². The van der Waals surface area contributed by atoms with Gasteiger partial charge in [-0.05, 0) is 45.2 Å². The summed E-state index contributed by atoms with van der Waals surface area (Å²) < 4.78 is 0. The van der Waals surface area contributed by atoms with Gasteiger partial charge >= 0.3 is 0 Å². The Morgan fingerprint density at radius 2 is 2.00 bits per heavy atom. The van der Waals surface area contributed by atoms with E-state index in [1.807, 2.05) is 7.05 Å². The van der Waals surface area contributed by atoms with Crippen molar-refractivity contribution in [3.63, 3.8) is 0 Å². The molecule has 0 radical (unpaired) electrons. The summed E-state index contributed by atoms with van der Waals surface area (Å²) in [6, 6.07) is 0. The highest BCUT2D eigenvalue weighted by Crippen LogP contribution is 2.27. The molecule has 1 aliphatic rings. The maximum atomic E-state index is 9.87. The third-order valence-corrected chi connectivity index (χ3v) is 3.12. The largest absolute Gasteiger partial charge is 0.393 e. The standard InChI is InChI=1S/C11H23NO/c1-12-9-5-8-11(13)10-6-3-2-4-7-10/h10-13H,2-9H2,1H3. The Morgan fingerprint density at radius 3 is 2.62 bits per heavy atom. The molecule has 1 fully saturated rings. The second-order valence-corrected chi connectivity index (χ2v) is 4.21. The topological polar surface area (TPSA) is 32.3 Å². The van der Waals surface area contributed by atoms with E-state index in [-0.39, 0.29) is 6.10 Å². The minimum absolute atomic E-state index is 0.0337. The van der Waals surface area contributed by atoms with Crippen LogP contribution in [0.3, 0.4) is 0 Å². The number of rotatable bonds is 5. The van der Waals surface area contributed by atoms with Crippen LogP contribution < -0.4 is 5.32 Å². The molecule has 2 heteroatoms. The van der Waals surface area contributed by atoms with E-state index in [0.717, 1.165) is 19.4 Å². The highest BCUT2D eigenvalue weighted by molar-refractivity contribution is 4.73. The van der Waals surface area contributed by atoms with Gasteiger partial charge in [-0.15, -0.1) is 0 Å². The van der Waals surface area contributed by atoms with Crippen molar-refractivity contribution in [2.24, 2.45) is 5.92 Å². The lowest BCUT2D eigenvalue weighted by Gasteiger charge is -2.26. The highest BCUT2D eigenvalue weighted by Gasteiger charge is 2.20. The number of nitrogens with one attached hydrogen (secondary N) is 1. The Hall–Kier alpha value is -0.0800. The number of hydrogen-bond donors (Lipinski definition) is 2. The summed E-state index contributed by atoms with van der Waals surface area (Å²) in [5, 5.41) is 13.0. The minimum Gasteiger partial charge on any atom is -0.393 e. The van der Waals surface area contributed by atoms with Gasteiger partial charge in [0.05, 0.1) is 6.10 Å². The van der Waals surface area contributed by atoms with Crippen molar-refractivity contribution in [2.75, 3.05) is 13.6 Å². The van der Waals surface area contributed by atoms with Crippen LogP contribution in [0.25, 0.3) is 0 Å². The predicted molar refractivity (Wildman–Crippen MR) is 55.7 cm³/mol. The van der Waals surface area contributed by atoms with E-state index in [4.69, 9.17) is 0 Å². The summed E-state index contributed by atoms with van der Waals surface area (Å²) in [5.41, 5.74) is 0. The molecule has 2 nitrogen and oxygen atoms in total. The van der Waals surface area contributed by atoms with Crippen molar-refractivity contribution < 1.29 is 5.11 Å². The smallest absolute Gasteiger partial charge is 0.0568 e. The second kappa shape index (κ2) is 6.39. The average molecular weight is 185 g/mol. The Balaban J connectivity index is 2.09. The summed E-state index contributed by atoms with van der Waals surface area (Å²) in [7, 11) is 1.97. The van der Waals surface area contributed by atoms with Gasteiger partial charge in [-0.2, -0.15) is 0 Å². The van der Waals surface area contributed by atoms with Crippen molar-refractivity contribution in [1.29, 1.82) is 0 Å². The van der Waals surface area contributed by atoms with E-state index < -0.39 is 0 Å². The number of hydrogen-bond acceptors (Lipinski definition) is 2. The van der Waals surface area contributed by atoms with Gasteiger partial charge in [0.1, 0.15) is 0 Å². The fourth-order valence-corrected chi connectivity index (χ4v) is 2.24. The van der Waals surface area contributed by atoms with E-state index in [9.17, 15) is 5.11 Å². The van der Waals surface area contributed by atoms with E-state index in [1.54, 1.807) is 0 Å². The van der Waals surface area contributed by atoms with Crippen molar-refractivity contribution in [3.05, 3.63) is 0 Å². The van der Waals surface area contributed by atoms with Crippen LogP contribution in [0.15, 0.2) is 0 Å². The van der Waals surface area contributed by atoms with Gasteiger partial charge in [0.2, 0.25) is 0 Å². The Kier molecular flexibility index (Phi) is 5.40. The summed E-state index contributed by atoms with van der Waals surface area (Å²) in [5.74, 6) is 0.602. The summed E-state index contributed by atoms with van der Waals surface area (Å²) in [4.78, 5) is 0. The van der Waals surface area contributed by atoms with Crippen LogP contribution in [0.4, 0.5) is 0 Å². The molecule has 1 unspecified atom stereocenters. The van der Waals surface area contributed by atoms with Crippen LogP contribution in [0.5, 0.6) is 0 Å². The lowest BCUT2D eigenvalue weighted by atomic mass is 9.84. The van der Waals surface area contributed by atoms with Crippen LogP contribution in [-0.2, 0) is 0 Å². The minimum atomic E-state index is -0.0337. The quantitative estimate of drug-likeness (QED) is 0.641. The van der Waals surface area contributed by atoms with Crippen molar-refractivity contribution in [2.45, 2.75) is 51.0 Å². The van der Waals surface area contributed by atoms with Gasteiger partial charge in [0.25, 0.3) is 0 Å². The Morgan fingerprint density at radius 1 is 1.31 bits per heavy atom. The van der Waals surface area contributed by atoms with E-state index in [0.29, 0.717) is 5.92 Å². The third-order valence-electron chi connectivity index (χ3n) is 3.12. The van der Waals surface area contributed by atoms with Crippen LogP contribution in [-0.4, -0.2) is 24.8 Å². The molecule has 0 spiro atoms. The third kappa shape index (κ3) is 4.10. The average Bonchev–Trinajstić information content (AvgIpc) is 2.19. The van der Waals surface area contributed by atoms with E-state index in [1.165, 1.54) is 32.1 Å². The SMILES string of the molecule is CNCCCC(O)C1CCCCC1. The van der Waals surface area contributed by atoms with Crippen molar-refractivity contribution in [3.8, 4) is 0 Å². The summed E-state index contributed by atoms with van der Waals surface area (Å²) >= 11 is 0. The van der Waals surface area contributed by atoms with Gasteiger partial charge in [0, 0.05) is 0 Å². The first-order valence-corrected chi connectivity index (χ1v) is 5.67. The lowest BCUT2D eigenvalue weighted by molar-refractivity contribution is 0.0756. The van der Waals surface area contributed by atoms with Crippen LogP contribution >= 0.6 is 0 Å². The molecule has 78 valence electrons. The first kappa shape index (κ1) is 11.0. The molecule has 0 amide bonds. The molecule has 1 rings (SSSR count). The molecule has 0 heterocycles. The Labute approximate surface area is 81.7 Å². The second-order valence-electron chi connectivity index (χ2n) is 4.21. The fraction of sp³-hybridized carbons (Fsp3) is 1.00. The van der Waals surface area contributed by atoms with Gasteiger partial charge in [-0.3, -0.25) is 0 Å². The zero-order valence-electron chi connectivity index (χ0n) is 8.76. The molecule has 0 aliphatic heterocycles. The molecule has 1 aliphatic carbocycles. The van der Waals surface area contributed by atoms with Gasteiger partial charge in [-0.1, -0.05) is 19.3 Å². The molecule has 0 bridgehead atoms. The molecule has 0 aromatic rings. The predicted octanol–water partition coefficient (Wildman–Crippen LogP) is 1.93. The van der Waals surface area contributed by atoms with E-state index >= 15 is 0 Å². The fourth-order valence-electron chi connectivity index (χ4n) is 2.24. The van der Waals surface area contributed by atoms with Crippen molar-refractivity contribution >= 4 is 0 Å². The molecule has 0 aromatic heterocycles. The highest BCUT2D eigenvalue weighted by atomic mass is 16.3. The molecule has 1 saturated carbocycles. The molecular formula is C11H23NO. The summed E-state index contributed by atoms with van der Waals surface area (Å²) in [6.45, 7) is 1.03. The maximum absolute atomic E-state index is 9.87. The maximum Gasteiger partial charge on any atom is 0.0568 e. The van der Waals surface area contributed by atoms with E-state index in [2.05, 4.69) is 5.32 Å². The normalized spacial score (nSPS) is 21.7. The number of aliphatic hydroxyl groups is 1. The van der Waals surface area contributed by atoms with Crippen LogP contribution in [0.1, 0.15) is 44.9 Å². The zero-order valence-corrected chi connectivity index (χ0v) is 8.76. The Bertz CT molecular complexity index is 121. The molecule has 0 saturated heterocycles. The summed E-state index contributed by atoms with van der Waals surface area (Å²) in [6.07, 6.45) is 8.58. The first-order valence-electron chi connectivity index (χ1n) is 5.67. The number of aliphatic hydroxyl groups excluding tert-OH is 1. The van der Waals surface area contributed by atoms with Gasteiger partial charge < -0.3 is 10.4 Å². The van der Waals surface area contributed by atoms with Gasteiger partial charge in [-0.25, -0.2) is 0 Å². The van der Waals surface area contributed by atoms with Gasteiger partial charge in [0.15, 0.2) is 0 Å². The molecular weight excluding hydrogens is 162 g/mol. The molecule has 0 aromatic carbocycles. The molecule has 2 N–H and O–H groups in total. The first-order chi connectivity index (χ1) is 6.34. The van der Waals surface area contributed by atoms with Crippen LogP contribution in [0, 0.1) is 5.92 Å². The monoisotopic (exact) mass is 185 g/mol. The molecule has 1 atom stereocenters. The zero-order chi connectivity index (χ0) is 9.52.